The predicted octanol–water partition coefficient (Wildman–Crippen LogP) is 5.85. The molecule has 0 bridgehead atoms. The molecule has 2 aliphatic rings. The van der Waals surface area contributed by atoms with Gasteiger partial charge in [0, 0.05) is 24.0 Å². The van der Waals surface area contributed by atoms with Gasteiger partial charge in [0.15, 0.2) is 11.6 Å². The van der Waals surface area contributed by atoms with Gasteiger partial charge in [-0.25, -0.2) is 4.79 Å². The van der Waals surface area contributed by atoms with Crippen LogP contribution in [0.4, 0.5) is 10.5 Å². The normalized spacial score (nSPS) is 16.4. The van der Waals surface area contributed by atoms with Crippen molar-refractivity contribution in [2.24, 2.45) is 0 Å². The SMILES string of the molecule is CC.CC(C)n1cnnc1CN(C)C(=O)c1cc2cc(Cl)c3c(c2o1)C1(CCCCC1)NC(=O)N3. The number of nitrogens with zero attached hydrogens (tertiary/aromatic N) is 4. The van der Waals surface area contributed by atoms with E-state index in [9.17, 15) is 9.59 Å². The number of carbonyl (C=O) groups excluding carboxylic acids is 2. The fraction of sp³-hybridized carbons (Fsp3) is 0.520. The van der Waals surface area contributed by atoms with Crippen LogP contribution in [0.1, 0.15) is 87.8 Å². The van der Waals surface area contributed by atoms with Crippen LogP contribution in [0.15, 0.2) is 22.9 Å². The van der Waals surface area contributed by atoms with Crippen LogP contribution in [0, 0.1) is 0 Å². The van der Waals surface area contributed by atoms with Gasteiger partial charge in [0.25, 0.3) is 5.91 Å². The molecule has 1 fully saturated rings. The Balaban J connectivity index is 0.00000141. The molecule has 2 aromatic heterocycles. The quantitative estimate of drug-likeness (QED) is 0.467. The molecule has 1 aliphatic heterocycles. The highest BCUT2D eigenvalue weighted by Crippen LogP contribution is 2.49. The molecular formula is C25H33ClN6O3. The first-order chi connectivity index (χ1) is 16.8. The van der Waals surface area contributed by atoms with Gasteiger partial charge in [-0.05, 0) is 38.8 Å². The molecule has 5 rings (SSSR count). The second-order valence-corrected chi connectivity index (χ2v) is 9.68. The number of hydrogen-bond donors (Lipinski definition) is 2. The summed E-state index contributed by atoms with van der Waals surface area (Å²) in [6, 6.07) is 3.39. The summed E-state index contributed by atoms with van der Waals surface area (Å²) >= 11 is 6.58. The number of hydrogen-bond acceptors (Lipinski definition) is 5. The third kappa shape index (κ3) is 4.49. The lowest BCUT2D eigenvalue weighted by Crippen LogP contribution is -2.52. The fourth-order valence-electron chi connectivity index (χ4n) is 5.07. The Morgan fingerprint density at radius 2 is 1.97 bits per heavy atom. The predicted molar refractivity (Wildman–Crippen MR) is 136 cm³/mol. The van der Waals surface area contributed by atoms with Crippen molar-refractivity contribution in [3.8, 4) is 0 Å². The number of nitrogens with one attached hydrogen (secondary N) is 2. The van der Waals surface area contributed by atoms with Gasteiger partial charge in [-0.3, -0.25) is 4.79 Å². The van der Waals surface area contributed by atoms with Crippen LogP contribution in [-0.4, -0.2) is 38.7 Å². The van der Waals surface area contributed by atoms with Crippen LogP contribution in [0.25, 0.3) is 11.0 Å². The van der Waals surface area contributed by atoms with E-state index in [1.807, 2.05) is 32.3 Å². The van der Waals surface area contributed by atoms with Gasteiger partial charge in [-0.15, -0.1) is 10.2 Å². The Hall–Kier alpha value is -3.07. The summed E-state index contributed by atoms with van der Waals surface area (Å²) in [5.74, 6) is 0.653. The minimum atomic E-state index is -0.545. The van der Waals surface area contributed by atoms with Crippen molar-refractivity contribution >= 4 is 40.2 Å². The summed E-state index contributed by atoms with van der Waals surface area (Å²) in [5.41, 5.74) is 1.45. The molecule has 3 heterocycles. The number of benzene rings is 1. The van der Waals surface area contributed by atoms with Crippen molar-refractivity contribution in [3.05, 3.63) is 40.6 Å². The lowest BCUT2D eigenvalue weighted by molar-refractivity contribution is 0.0749. The minimum Gasteiger partial charge on any atom is -0.450 e. The van der Waals surface area contributed by atoms with Crippen molar-refractivity contribution in [1.82, 2.24) is 25.0 Å². The maximum atomic E-state index is 13.3. The summed E-state index contributed by atoms with van der Waals surface area (Å²) in [5, 5.41) is 15.3. The van der Waals surface area contributed by atoms with E-state index in [1.165, 1.54) is 0 Å². The van der Waals surface area contributed by atoms with Crippen LogP contribution >= 0.6 is 11.6 Å². The number of halogens is 1. The highest BCUT2D eigenvalue weighted by molar-refractivity contribution is 6.35. The zero-order chi connectivity index (χ0) is 25.3. The first kappa shape index (κ1) is 25.0. The lowest BCUT2D eigenvalue weighted by Gasteiger charge is -2.42. The van der Waals surface area contributed by atoms with Crippen molar-refractivity contribution in [3.63, 3.8) is 0 Å². The Labute approximate surface area is 210 Å². The first-order valence-corrected chi connectivity index (χ1v) is 12.7. The molecule has 1 saturated carbocycles. The molecule has 0 atom stereocenters. The summed E-state index contributed by atoms with van der Waals surface area (Å²) in [6.45, 7) is 8.37. The number of fused-ring (bicyclic) bond motifs is 4. The van der Waals surface area contributed by atoms with Crippen molar-refractivity contribution in [1.29, 1.82) is 0 Å². The molecule has 9 nitrogen and oxygen atoms in total. The smallest absolute Gasteiger partial charge is 0.319 e. The maximum Gasteiger partial charge on any atom is 0.319 e. The van der Waals surface area contributed by atoms with Gasteiger partial charge in [0.2, 0.25) is 0 Å². The maximum absolute atomic E-state index is 13.3. The topological polar surface area (TPSA) is 105 Å². The van der Waals surface area contributed by atoms with Gasteiger partial charge in [-0.1, -0.05) is 44.7 Å². The van der Waals surface area contributed by atoms with E-state index in [0.29, 0.717) is 28.7 Å². The molecule has 0 radical (unpaired) electrons. The third-order valence-corrected chi connectivity index (χ3v) is 6.97. The van der Waals surface area contributed by atoms with E-state index in [2.05, 4.69) is 20.8 Å². The largest absolute Gasteiger partial charge is 0.450 e. The average Bonchev–Trinajstić information content (AvgIpc) is 3.47. The van der Waals surface area contributed by atoms with Gasteiger partial charge in [0.05, 0.1) is 22.8 Å². The number of urea groups is 1. The minimum absolute atomic E-state index is 0.188. The molecule has 1 aromatic carbocycles. The summed E-state index contributed by atoms with van der Waals surface area (Å²) in [7, 11) is 1.71. The molecule has 3 aromatic rings. The van der Waals surface area contributed by atoms with Gasteiger partial charge >= 0.3 is 6.03 Å². The monoisotopic (exact) mass is 500 g/mol. The van der Waals surface area contributed by atoms with E-state index in [0.717, 1.165) is 43.1 Å². The van der Waals surface area contributed by atoms with Crippen molar-refractivity contribution < 1.29 is 14.0 Å². The molecule has 2 N–H and O–H groups in total. The lowest BCUT2D eigenvalue weighted by atomic mass is 9.74. The van der Waals surface area contributed by atoms with Gasteiger partial charge in [-0.2, -0.15) is 0 Å². The van der Waals surface area contributed by atoms with E-state index in [4.69, 9.17) is 16.0 Å². The fourth-order valence-corrected chi connectivity index (χ4v) is 5.33. The molecule has 3 amide bonds. The number of anilines is 1. The first-order valence-electron chi connectivity index (χ1n) is 12.3. The zero-order valence-electron chi connectivity index (χ0n) is 20.9. The Kier molecular flexibility index (Phi) is 7.07. The highest BCUT2D eigenvalue weighted by atomic mass is 35.5. The zero-order valence-corrected chi connectivity index (χ0v) is 21.7. The molecule has 188 valence electrons. The Bertz CT molecular complexity index is 1240. The summed E-state index contributed by atoms with van der Waals surface area (Å²) in [6.07, 6.45) is 6.39. The van der Waals surface area contributed by atoms with Crippen LogP contribution in [0.2, 0.25) is 5.02 Å². The Morgan fingerprint density at radius 1 is 1.26 bits per heavy atom. The second-order valence-electron chi connectivity index (χ2n) is 9.27. The molecule has 10 heteroatoms. The van der Waals surface area contributed by atoms with E-state index < -0.39 is 5.54 Å². The highest BCUT2D eigenvalue weighted by Gasteiger charge is 2.44. The van der Waals surface area contributed by atoms with Crippen LogP contribution in [0.5, 0.6) is 0 Å². The molecule has 0 saturated heterocycles. The molecule has 0 unspecified atom stereocenters. The van der Waals surface area contributed by atoms with Crippen LogP contribution in [-0.2, 0) is 12.1 Å². The summed E-state index contributed by atoms with van der Waals surface area (Å²) < 4.78 is 8.11. The number of rotatable bonds is 4. The second kappa shape index (κ2) is 9.89. The number of carbonyl (C=O) groups is 2. The van der Waals surface area contributed by atoms with E-state index in [-0.39, 0.29) is 23.7 Å². The third-order valence-electron chi connectivity index (χ3n) is 6.68. The number of furan rings is 1. The summed E-state index contributed by atoms with van der Waals surface area (Å²) in [4.78, 5) is 27.2. The molecule has 1 aliphatic carbocycles. The van der Waals surface area contributed by atoms with Crippen molar-refractivity contribution in [2.45, 2.75) is 77.9 Å². The van der Waals surface area contributed by atoms with E-state index in [1.54, 1.807) is 30.4 Å². The van der Waals surface area contributed by atoms with Gasteiger partial charge < -0.3 is 24.5 Å². The van der Waals surface area contributed by atoms with Gasteiger partial charge in [0.1, 0.15) is 11.9 Å². The molecular weight excluding hydrogens is 468 g/mol. The number of amides is 3. The van der Waals surface area contributed by atoms with Crippen LogP contribution in [0.3, 0.4) is 0 Å². The van der Waals surface area contributed by atoms with E-state index >= 15 is 0 Å². The van der Waals surface area contributed by atoms with Crippen molar-refractivity contribution in [2.75, 3.05) is 12.4 Å². The Morgan fingerprint density at radius 3 is 2.66 bits per heavy atom. The van der Waals surface area contributed by atoms with Crippen LogP contribution < -0.4 is 10.6 Å². The molecule has 1 spiro atoms. The molecule has 35 heavy (non-hydrogen) atoms. The average molecular weight is 501 g/mol. The number of aromatic nitrogens is 3. The standard InChI is InChI=1S/C23H27ClN6O3.C2H6/c1-13(2)30-12-25-28-17(30)11-29(3)21(31)16-10-14-9-15(24)19-18(20(14)33-16)23(27-22(32)26-19)7-5-4-6-8-23;1-2/h9-10,12-13H,4-8,11H2,1-3H3,(H2,26,27,32);1-2H3.